The fourth-order valence-corrected chi connectivity index (χ4v) is 3.17. The molecule has 1 aromatic carbocycles. The molecule has 2 aliphatic heterocycles. The van der Waals surface area contributed by atoms with Gasteiger partial charge >= 0.3 is 0 Å². The third-order valence-corrected chi connectivity index (χ3v) is 4.39. The molecule has 0 aromatic heterocycles. The lowest BCUT2D eigenvalue weighted by Gasteiger charge is -2.31. The Morgan fingerprint density at radius 2 is 2.05 bits per heavy atom. The zero-order valence-corrected chi connectivity index (χ0v) is 12.1. The molecule has 1 unspecified atom stereocenters. The maximum atomic E-state index is 12.8. The van der Waals surface area contributed by atoms with Crippen molar-refractivity contribution in [2.75, 3.05) is 39.8 Å². The fourth-order valence-electron chi connectivity index (χ4n) is 3.17. The Hall–Kier alpha value is -1.39. The van der Waals surface area contributed by atoms with Crippen molar-refractivity contribution >= 4 is 5.91 Å². The number of fused-ring (bicyclic) bond motifs is 1. The summed E-state index contributed by atoms with van der Waals surface area (Å²) in [5.74, 6) is 0.243. The van der Waals surface area contributed by atoms with Crippen LogP contribution in [0, 0.1) is 0 Å². The summed E-state index contributed by atoms with van der Waals surface area (Å²) in [4.78, 5) is 17.2. The lowest BCUT2D eigenvalue weighted by Crippen LogP contribution is -2.45. The van der Waals surface area contributed by atoms with Gasteiger partial charge in [0.2, 0.25) is 5.91 Å². The van der Waals surface area contributed by atoms with E-state index in [0.717, 1.165) is 45.6 Å². The number of hydrogen-bond acceptors (Lipinski definition) is 3. The highest BCUT2D eigenvalue weighted by molar-refractivity contribution is 5.84. The van der Waals surface area contributed by atoms with Crippen molar-refractivity contribution in [1.82, 2.24) is 15.1 Å². The molecule has 1 N–H and O–H groups in total. The van der Waals surface area contributed by atoms with E-state index >= 15 is 0 Å². The molecule has 3 rings (SSSR count). The van der Waals surface area contributed by atoms with Crippen molar-refractivity contribution in [2.24, 2.45) is 0 Å². The predicted octanol–water partition coefficient (Wildman–Crippen LogP) is 1.04. The van der Waals surface area contributed by atoms with Gasteiger partial charge in [-0.1, -0.05) is 24.3 Å². The first-order valence-corrected chi connectivity index (χ1v) is 7.54. The Labute approximate surface area is 120 Å². The second kappa shape index (κ2) is 5.94. The second-order valence-electron chi connectivity index (χ2n) is 5.82. The third-order valence-electron chi connectivity index (χ3n) is 4.39. The average molecular weight is 273 g/mol. The lowest BCUT2D eigenvalue weighted by molar-refractivity contribution is -0.133. The smallest absolute Gasteiger partial charge is 0.244 e. The highest BCUT2D eigenvalue weighted by Gasteiger charge is 2.30. The van der Waals surface area contributed by atoms with E-state index in [2.05, 4.69) is 35.5 Å². The SMILES string of the molecule is CN1CCCN(C(=O)C2NCCc3ccccc32)CC1. The van der Waals surface area contributed by atoms with E-state index in [-0.39, 0.29) is 11.9 Å². The Morgan fingerprint density at radius 1 is 1.20 bits per heavy atom. The number of nitrogens with one attached hydrogen (secondary N) is 1. The summed E-state index contributed by atoms with van der Waals surface area (Å²) in [5, 5.41) is 3.40. The minimum atomic E-state index is -0.150. The predicted molar refractivity (Wildman–Crippen MR) is 79.6 cm³/mol. The summed E-state index contributed by atoms with van der Waals surface area (Å²) in [6, 6.07) is 8.18. The van der Waals surface area contributed by atoms with Gasteiger partial charge in [-0.15, -0.1) is 0 Å². The monoisotopic (exact) mass is 273 g/mol. The average Bonchev–Trinajstić information content (AvgIpc) is 2.71. The minimum absolute atomic E-state index is 0.150. The van der Waals surface area contributed by atoms with Crippen LogP contribution in [-0.4, -0.2) is 55.5 Å². The number of rotatable bonds is 1. The van der Waals surface area contributed by atoms with E-state index in [1.54, 1.807) is 0 Å². The minimum Gasteiger partial charge on any atom is -0.340 e. The van der Waals surface area contributed by atoms with Crippen LogP contribution in [0.4, 0.5) is 0 Å². The Balaban J connectivity index is 1.77. The molecule has 108 valence electrons. The molecular weight excluding hydrogens is 250 g/mol. The van der Waals surface area contributed by atoms with Crippen molar-refractivity contribution in [3.8, 4) is 0 Å². The number of hydrogen-bond donors (Lipinski definition) is 1. The summed E-state index contributed by atoms with van der Waals surface area (Å²) < 4.78 is 0. The lowest BCUT2D eigenvalue weighted by atomic mass is 9.93. The van der Waals surface area contributed by atoms with Gasteiger partial charge in [0.05, 0.1) is 0 Å². The summed E-state index contributed by atoms with van der Waals surface area (Å²) in [6.45, 7) is 4.67. The molecule has 4 heteroatoms. The molecule has 20 heavy (non-hydrogen) atoms. The van der Waals surface area contributed by atoms with Gasteiger partial charge in [-0.25, -0.2) is 0 Å². The quantitative estimate of drug-likeness (QED) is 0.830. The molecule has 4 nitrogen and oxygen atoms in total. The number of benzene rings is 1. The number of amides is 1. The number of likely N-dealkylation sites (N-methyl/N-ethyl adjacent to an activating group) is 1. The Bertz CT molecular complexity index is 488. The molecular formula is C16H23N3O. The van der Waals surface area contributed by atoms with Crippen LogP contribution in [-0.2, 0) is 11.2 Å². The first kappa shape index (κ1) is 13.6. The van der Waals surface area contributed by atoms with E-state index in [1.165, 1.54) is 11.1 Å². The van der Waals surface area contributed by atoms with Crippen molar-refractivity contribution < 1.29 is 4.79 Å². The van der Waals surface area contributed by atoms with Gasteiger partial charge in [0.1, 0.15) is 6.04 Å². The summed E-state index contributed by atoms with van der Waals surface area (Å²) in [7, 11) is 2.13. The summed E-state index contributed by atoms with van der Waals surface area (Å²) >= 11 is 0. The van der Waals surface area contributed by atoms with Gasteiger partial charge in [0, 0.05) is 26.2 Å². The first-order chi connectivity index (χ1) is 9.75. The van der Waals surface area contributed by atoms with Gasteiger partial charge in [-0.05, 0) is 37.6 Å². The zero-order chi connectivity index (χ0) is 13.9. The van der Waals surface area contributed by atoms with E-state index in [9.17, 15) is 4.79 Å². The topological polar surface area (TPSA) is 35.6 Å². The van der Waals surface area contributed by atoms with E-state index in [1.807, 2.05) is 11.0 Å². The van der Waals surface area contributed by atoms with Gasteiger partial charge < -0.3 is 15.1 Å². The molecule has 1 amide bonds. The normalized spacial score (nSPS) is 24.1. The fraction of sp³-hybridized carbons (Fsp3) is 0.562. The molecule has 0 bridgehead atoms. The van der Waals surface area contributed by atoms with Crippen molar-refractivity contribution in [2.45, 2.75) is 18.9 Å². The maximum Gasteiger partial charge on any atom is 0.244 e. The van der Waals surface area contributed by atoms with Crippen molar-refractivity contribution in [1.29, 1.82) is 0 Å². The standard InChI is InChI=1S/C16H23N3O/c1-18-9-4-10-19(12-11-18)16(20)15-14-6-3-2-5-13(14)7-8-17-15/h2-3,5-6,15,17H,4,7-12H2,1H3. The van der Waals surface area contributed by atoms with E-state index in [4.69, 9.17) is 0 Å². The maximum absolute atomic E-state index is 12.8. The largest absolute Gasteiger partial charge is 0.340 e. The number of carbonyl (C=O) groups excluding carboxylic acids is 1. The van der Waals surface area contributed by atoms with Crippen LogP contribution in [0.3, 0.4) is 0 Å². The van der Waals surface area contributed by atoms with Crippen LogP contribution in [0.1, 0.15) is 23.6 Å². The van der Waals surface area contributed by atoms with E-state index in [0.29, 0.717) is 0 Å². The zero-order valence-electron chi connectivity index (χ0n) is 12.1. The number of nitrogens with zero attached hydrogens (tertiary/aromatic N) is 2. The van der Waals surface area contributed by atoms with Crippen LogP contribution in [0.5, 0.6) is 0 Å². The molecule has 0 radical (unpaired) electrons. The van der Waals surface area contributed by atoms with Crippen molar-refractivity contribution in [3.63, 3.8) is 0 Å². The molecule has 2 heterocycles. The van der Waals surface area contributed by atoms with Gasteiger partial charge in [0.15, 0.2) is 0 Å². The number of carbonyl (C=O) groups is 1. The molecule has 0 spiro atoms. The van der Waals surface area contributed by atoms with Crippen LogP contribution in [0.2, 0.25) is 0 Å². The summed E-state index contributed by atoms with van der Waals surface area (Å²) in [5.41, 5.74) is 2.48. The first-order valence-electron chi connectivity index (χ1n) is 7.54. The third kappa shape index (κ3) is 2.72. The van der Waals surface area contributed by atoms with Gasteiger partial charge in [-0.2, -0.15) is 0 Å². The summed E-state index contributed by atoms with van der Waals surface area (Å²) in [6.07, 6.45) is 2.08. The van der Waals surface area contributed by atoms with Gasteiger partial charge in [-0.3, -0.25) is 4.79 Å². The molecule has 0 aliphatic carbocycles. The van der Waals surface area contributed by atoms with E-state index < -0.39 is 0 Å². The molecule has 1 atom stereocenters. The van der Waals surface area contributed by atoms with Crippen LogP contribution in [0.25, 0.3) is 0 Å². The molecule has 1 fully saturated rings. The molecule has 1 saturated heterocycles. The van der Waals surface area contributed by atoms with Crippen molar-refractivity contribution in [3.05, 3.63) is 35.4 Å². The molecule has 0 saturated carbocycles. The second-order valence-corrected chi connectivity index (χ2v) is 5.82. The highest BCUT2D eigenvalue weighted by atomic mass is 16.2. The molecule has 1 aromatic rings. The van der Waals surface area contributed by atoms with Crippen LogP contribution < -0.4 is 5.32 Å². The van der Waals surface area contributed by atoms with Crippen LogP contribution >= 0.6 is 0 Å². The van der Waals surface area contributed by atoms with Gasteiger partial charge in [0.25, 0.3) is 0 Å². The Morgan fingerprint density at radius 3 is 2.95 bits per heavy atom. The van der Waals surface area contributed by atoms with Crippen LogP contribution in [0.15, 0.2) is 24.3 Å². The Kier molecular flexibility index (Phi) is 4.03. The highest BCUT2D eigenvalue weighted by Crippen LogP contribution is 2.24. The molecule has 2 aliphatic rings.